The van der Waals surface area contributed by atoms with Crippen LogP contribution in [0.3, 0.4) is 0 Å². The molecule has 1 N–H and O–H groups in total. The van der Waals surface area contributed by atoms with Gasteiger partial charge in [0, 0.05) is 12.7 Å². The van der Waals surface area contributed by atoms with Crippen molar-refractivity contribution in [3.05, 3.63) is 23.9 Å². The van der Waals surface area contributed by atoms with Crippen LogP contribution in [0, 0.1) is 5.92 Å². The van der Waals surface area contributed by atoms with Gasteiger partial charge in [-0.2, -0.15) is 0 Å². The van der Waals surface area contributed by atoms with E-state index in [-0.39, 0.29) is 6.10 Å². The van der Waals surface area contributed by atoms with Crippen LogP contribution >= 0.6 is 0 Å². The van der Waals surface area contributed by atoms with Gasteiger partial charge in [-0.3, -0.25) is 0 Å². The maximum absolute atomic E-state index is 5.22. The summed E-state index contributed by atoms with van der Waals surface area (Å²) in [5.41, 5.74) is 2.16. The van der Waals surface area contributed by atoms with E-state index >= 15 is 0 Å². The van der Waals surface area contributed by atoms with Crippen LogP contribution in [0.5, 0.6) is 0 Å². The number of nitrogens with one attached hydrogen (secondary N) is 1. The van der Waals surface area contributed by atoms with Crippen molar-refractivity contribution in [3.63, 3.8) is 0 Å². The molecule has 0 aromatic carbocycles. The summed E-state index contributed by atoms with van der Waals surface area (Å²) < 4.78 is 0. The van der Waals surface area contributed by atoms with Crippen molar-refractivity contribution in [2.45, 2.75) is 13.0 Å². The topological polar surface area (TPSA) is 33.6 Å². The highest BCUT2D eigenvalue weighted by Crippen LogP contribution is 2.25. The molecular weight excluding hydrogens is 152 g/mol. The lowest BCUT2D eigenvalue weighted by Crippen LogP contribution is -2.23. The van der Waals surface area contributed by atoms with Crippen LogP contribution in [-0.4, -0.2) is 18.9 Å². The Balaban J connectivity index is 2.20. The summed E-state index contributed by atoms with van der Waals surface area (Å²) >= 11 is 0. The summed E-state index contributed by atoms with van der Waals surface area (Å²) in [5, 5.41) is 7.02. The van der Waals surface area contributed by atoms with Crippen LogP contribution in [0.15, 0.2) is 29.1 Å². The lowest BCUT2D eigenvalue weighted by Gasteiger charge is -2.16. The van der Waals surface area contributed by atoms with Crippen LogP contribution in [-0.2, 0) is 4.84 Å². The third kappa shape index (κ3) is 1.02. The molecule has 0 radical (unpaired) electrons. The largest absolute Gasteiger partial charge is 0.388 e. The van der Waals surface area contributed by atoms with Crippen molar-refractivity contribution in [2.24, 2.45) is 11.1 Å². The van der Waals surface area contributed by atoms with Gasteiger partial charge >= 0.3 is 0 Å². The number of oxime groups is 1. The molecular formula is C9H12N2O. The second-order valence-corrected chi connectivity index (χ2v) is 3.06. The Hall–Kier alpha value is -1.25. The van der Waals surface area contributed by atoms with Crippen molar-refractivity contribution >= 4 is 5.71 Å². The lowest BCUT2D eigenvalue weighted by atomic mass is 9.93. The number of fused-ring (bicyclic) bond motifs is 1. The first-order chi connectivity index (χ1) is 5.81. The summed E-state index contributed by atoms with van der Waals surface area (Å²) in [7, 11) is 1.90. The van der Waals surface area contributed by atoms with E-state index in [1.165, 1.54) is 0 Å². The number of hydrogen-bond acceptors (Lipinski definition) is 3. The van der Waals surface area contributed by atoms with E-state index in [9.17, 15) is 0 Å². The van der Waals surface area contributed by atoms with Crippen LogP contribution in [0.1, 0.15) is 6.92 Å². The van der Waals surface area contributed by atoms with Gasteiger partial charge in [0.15, 0.2) is 6.10 Å². The third-order valence-corrected chi connectivity index (χ3v) is 2.27. The molecule has 0 fully saturated rings. The zero-order chi connectivity index (χ0) is 8.55. The average molecular weight is 164 g/mol. The van der Waals surface area contributed by atoms with Crippen LogP contribution in [0.4, 0.5) is 0 Å². The van der Waals surface area contributed by atoms with Gasteiger partial charge in [-0.05, 0) is 19.1 Å². The van der Waals surface area contributed by atoms with Gasteiger partial charge in [-0.1, -0.05) is 11.2 Å². The van der Waals surface area contributed by atoms with Gasteiger partial charge in [0.1, 0.15) is 0 Å². The van der Waals surface area contributed by atoms with E-state index in [4.69, 9.17) is 4.84 Å². The van der Waals surface area contributed by atoms with Crippen molar-refractivity contribution in [2.75, 3.05) is 7.05 Å². The Morgan fingerprint density at radius 3 is 3.17 bits per heavy atom. The molecule has 2 atom stereocenters. The Bertz CT molecular complexity index is 278. The summed E-state index contributed by atoms with van der Waals surface area (Å²) in [6.07, 6.45) is 6.36. The molecule has 0 aromatic rings. The van der Waals surface area contributed by atoms with E-state index in [1.54, 1.807) is 0 Å². The first kappa shape index (κ1) is 7.40. The van der Waals surface area contributed by atoms with E-state index in [0.717, 1.165) is 11.4 Å². The maximum atomic E-state index is 5.22. The molecule has 64 valence electrons. The first-order valence-corrected chi connectivity index (χ1v) is 4.09. The minimum atomic E-state index is 0.109. The second kappa shape index (κ2) is 2.66. The maximum Gasteiger partial charge on any atom is 0.159 e. The van der Waals surface area contributed by atoms with Crippen LogP contribution in [0.25, 0.3) is 0 Å². The van der Waals surface area contributed by atoms with Gasteiger partial charge < -0.3 is 10.2 Å². The molecule has 12 heavy (non-hydrogen) atoms. The molecule has 1 aliphatic heterocycles. The number of rotatable bonds is 1. The van der Waals surface area contributed by atoms with E-state index < -0.39 is 0 Å². The first-order valence-electron chi connectivity index (χ1n) is 4.09. The van der Waals surface area contributed by atoms with Crippen molar-refractivity contribution in [1.29, 1.82) is 0 Å². The Morgan fingerprint density at radius 2 is 2.42 bits per heavy atom. The zero-order valence-corrected chi connectivity index (χ0v) is 7.24. The van der Waals surface area contributed by atoms with E-state index in [2.05, 4.69) is 28.7 Å². The number of allylic oxidation sites excluding steroid dienone is 1. The van der Waals surface area contributed by atoms with Gasteiger partial charge in [0.25, 0.3) is 0 Å². The summed E-state index contributed by atoms with van der Waals surface area (Å²) in [5.74, 6) is 0.349. The molecule has 3 heteroatoms. The number of hydrogen-bond donors (Lipinski definition) is 1. The van der Waals surface area contributed by atoms with Crippen molar-refractivity contribution in [1.82, 2.24) is 5.32 Å². The number of likely N-dealkylation sites (N-methyl/N-ethyl adjacent to an activating group) is 1. The Kier molecular flexibility index (Phi) is 1.64. The Labute approximate surface area is 71.8 Å². The van der Waals surface area contributed by atoms with Gasteiger partial charge in [-0.25, -0.2) is 0 Å². The molecule has 0 amide bonds. The second-order valence-electron chi connectivity index (χ2n) is 3.06. The quantitative estimate of drug-likeness (QED) is 0.628. The van der Waals surface area contributed by atoms with E-state index in [1.807, 2.05) is 14.0 Å². The average Bonchev–Trinajstić information content (AvgIpc) is 2.47. The fraction of sp³-hybridized carbons (Fsp3) is 0.444. The SMILES string of the molecule is CNC1=CC2ON=C(C)C2C=C1. The standard InChI is InChI=1S/C9H12N2O/c1-6-8-4-3-7(10-2)5-9(8)12-11-6/h3-5,8-10H,1-2H3. The minimum Gasteiger partial charge on any atom is -0.388 e. The van der Waals surface area contributed by atoms with Gasteiger partial charge in [0.05, 0.1) is 11.6 Å². The molecule has 1 heterocycles. The fourth-order valence-corrected chi connectivity index (χ4v) is 1.50. The monoisotopic (exact) mass is 164 g/mol. The van der Waals surface area contributed by atoms with Crippen LogP contribution in [0.2, 0.25) is 0 Å². The number of nitrogens with zero attached hydrogens (tertiary/aromatic N) is 1. The highest BCUT2D eigenvalue weighted by atomic mass is 16.6. The van der Waals surface area contributed by atoms with Crippen molar-refractivity contribution in [3.8, 4) is 0 Å². The normalized spacial score (nSPS) is 31.8. The lowest BCUT2D eigenvalue weighted by molar-refractivity contribution is 0.104. The molecule has 2 aliphatic rings. The molecule has 3 nitrogen and oxygen atoms in total. The summed E-state index contributed by atoms with van der Waals surface area (Å²) in [4.78, 5) is 5.22. The predicted molar refractivity (Wildman–Crippen MR) is 47.8 cm³/mol. The molecule has 2 unspecified atom stereocenters. The summed E-state index contributed by atoms with van der Waals surface area (Å²) in [6.45, 7) is 1.99. The molecule has 0 aromatic heterocycles. The van der Waals surface area contributed by atoms with Crippen LogP contribution < -0.4 is 5.32 Å². The highest BCUT2D eigenvalue weighted by molar-refractivity contribution is 5.87. The zero-order valence-electron chi connectivity index (χ0n) is 7.24. The smallest absolute Gasteiger partial charge is 0.159 e. The Morgan fingerprint density at radius 1 is 1.58 bits per heavy atom. The van der Waals surface area contributed by atoms with Crippen molar-refractivity contribution < 1.29 is 4.84 Å². The molecule has 2 rings (SSSR count). The van der Waals surface area contributed by atoms with E-state index in [0.29, 0.717) is 5.92 Å². The predicted octanol–water partition coefficient (Wildman–Crippen LogP) is 1.05. The fourth-order valence-electron chi connectivity index (χ4n) is 1.50. The molecule has 0 bridgehead atoms. The minimum absolute atomic E-state index is 0.109. The molecule has 0 saturated carbocycles. The molecule has 0 saturated heterocycles. The highest BCUT2D eigenvalue weighted by Gasteiger charge is 2.29. The van der Waals surface area contributed by atoms with Gasteiger partial charge in [-0.15, -0.1) is 0 Å². The third-order valence-electron chi connectivity index (χ3n) is 2.27. The molecule has 1 aliphatic carbocycles. The summed E-state index contributed by atoms with van der Waals surface area (Å²) in [6, 6.07) is 0. The molecule has 0 spiro atoms. The van der Waals surface area contributed by atoms with Gasteiger partial charge in [0.2, 0.25) is 0 Å².